The summed E-state index contributed by atoms with van der Waals surface area (Å²) in [5, 5.41) is 2.25. The van der Waals surface area contributed by atoms with Crippen LogP contribution in [0.4, 0.5) is 11.4 Å². The summed E-state index contributed by atoms with van der Waals surface area (Å²) in [7, 11) is 0. The van der Waals surface area contributed by atoms with E-state index in [2.05, 4.69) is 183 Å². The van der Waals surface area contributed by atoms with Gasteiger partial charge in [-0.2, -0.15) is 0 Å². The van der Waals surface area contributed by atoms with Gasteiger partial charge in [0.15, 0.2) is 0 Å². The van der Waals surface area contributed by atoms with Crippen molar-refractivity contribution in [1.29, 1.82) is 0 Å². The second-order valence-corrected chi connectivity index (χ2v) is 14.1. The number of benzene rings is 7. The Labute approximate surface area is 305 Å². The summed E-state index contributed by atoms with van der Waals surface area (Å²) in [6.45, 7) is 11.7. The van der Waals surface area contributed by atoms with E-state index in [1.54, 1.807) is 0 Å². The Morgan fingerprint density at radius 3 is 2.08 bits per heavy atom. The van der Waals surface area contributed by atoms with E-state index in [4.69, 9.17) is 11.0 Å². The van der Waals surface area contributed by atoms with E-state index in [1.165, 1.54) is 33.4 Å². The first-order valence-electron chi connectivity index (χ1n) is 18.0. The number of furan rings is 1. The molecular weight excluding hydrogens is 631 g/mol. The molecule has 9 rings (SSSR count). The van der Waals surface area contributed by atoms with Gasteiger partial charge in [-0.3, -0.25) is 0 Å². The molecule has 52 heavy (non-hydrogen) atoms. The minimum Gasteiger partial charge on any atom is -0.455 e. The van der Waals surface area contributed by atoms with Gasteiger partial charge < -0.3 is 9.32 Å². The molecule has 0 unspecified atom stereocenters. The Kier molecular flexibility index (Phi) is 7.56. The molecule has 7 aromatic carbocycles. The molecule has 0 amide bonds. The Balaban J connectivity index is 1.23. The van der Waals surface area contributed by atoms with Gasteiger partial charge in [-0.15, -0.1) is 0 Å². The maximum atomic E-state index is 6.50. The van der Waals surface area contributed by atoms with Crippen molar-refractivity contribution in [1.82, 2.24) is 0 Å². The number of allylic oxidation sites excluding steroid dienone is 1. The number of anilines is 2. The highest BCUT2D eigenvalue weighted by Gasteiger charge is 2.36. The SMILES string of the molecule is C=C(c1ccccc1/C(=C\C)c1ccccc1)N(c1cccc(-c2cccc3c2oc2ccccc23)c1)c1ccc2c(c1)C(C)(C)c1ccccc1-2. The van der Waals surface area contributed by atoms with Crippen LogP contribution in [0.1, 0.15) is 48.6 Å². The van der Waals surface area contributed by atoms with Crippen LogP contribution in [0.5, 0.6) is 0 Å². The fraction of sp³-hybridized carbons (Fsp3) is 0.0800. The van der Waals surface area contributed by atoms with Crippen LogP contribution in [0.15, 0.2) is 181 Å². The lowest BCUT2D eigenvalue weighted by atomic mass is 9.82. The molecule has 0 saturated carbocycles. The quantitative estimate of drug-likeness (QED) is 0.168. The maximum absolute atomic E-state index is 6.50. The van der Waals surface area contributed by atoms with Crippen LogP contribution in [0.25, 0.3) is 55.5 Å². The van der Waals surface area contributed by atoms with Crippen molar-refractivity contribution in [3.63, 3.8) is 0 Å². The molecule has 0 bridgehead atoms. The molecule has 1 heterocycles. The predicted molar refractivity (Wildman–Crippen MR) is 220 cm³/mol. The van der Waals surface area contributed by atoms with Gasteiger partial charge in [0, 0.05) is 44.4 Å². The van der Waals surface area contributed by atoms with Crippen LogP contribution in [0.3, 0.4) is 0 Å². The molecule has 8 aromatic rings. The summed E-state index contributed by atoms with van der Waals surface area (Å²) < 4.78 is 6.50. The lowest BCUT2D eigenvalue weighted by molar-refractivity contribution is 0.660. The molecule has 2 heteroatoms. The van der Waals surface area contributed by atoms with Crippen LogP contribution >= 0.6 is 0 Å². The van der Waals surface area contributed by atoms with Crippen LogP contribution in [0, 0.1) is 0 Å². The predicted octanol–water partition coefficient (Wildman–Crippen LogP) is 13.8. The van der Waals surface area contributed by atoms with Gasteiger partial charge in [0.2, 0.25) is 0 Å². The molecule has 0 fully saturated rings. The van der Waals surface area contributed by atoms with E-state index in [0.29, 0.717) is 0 Å². The number of hydrogen-bond donors (Lipinski definition) is 0. The van der Waals surface area contributed by atoms with Crippen molar-refractivity contribution in [3.8, 4) is 22.3 Å². The zero-order chi connectivity index (χ0) is 35.4. The molecule has 1 aliphatic carbocycles. The van der Waals surface area contributed by atoms with E-state index >= 15 is 0 Å². The fourth-order valence-electron chi connectivity index (χ4n) is 8.26. The Bertz CT molecular complexity index is 2690. The van der Waals surface area contributed by atoms with Gasteiger partial charge in [0.25, 0.3) is 0 Å². The summed E-state index contributed by atoms with van der Waals surface area (Å²) in [5.41, 5.74) is 16.6. The molecule has 250 valence electrons. The molecule has 0 saturated heterocycles. The van der Waals surface area contributed by atoms with E-state index in [0.717, 1.165) is 61.3 Å². The molecule has 1 aromatic heterocycles. The van der Waals surface area contributed by atoms with Crippen LogP contribution in [0.2, 0.25) is 0 Å². The molecule has 2 nitrogen and oxygen atoms in total. The first-order chi connectivity index (χ1) is 25.4. The normalized spacial score (nSPS) is 13.2. The minimum absolute atomic E-state index is 0.142. The maximum Gasteiger partial charge on any atom is 0.143 e. The smallest absolute Gasteiger partial charge is 0.143 e. The highest BCUT2D eigenvalue weighted by atomic mass is 16.3. The van der Waals surface area contributed by atoms with Crippen molar-refractivity contribution >= 4 is 44.6 Å². The summed E-state index contributed by atoms with van der Waals surface area (Å²) in [6, 6.07) is 58.5. The van der Waals surface area contributed by atoms with Crippen LogP contribution < -0.4 is 4.90 Å². The minimum atomic E-state index is -0.142. The standard InChI is InChI=1S/C50H39NO/c1-5-38(34-17-7-6-8-18-34)41-22-10-9-21-39(41)33(2)51(37-29-30-43-42-23-11-13-27-46(42)50(3,4)47(43)32-37)36-20-15-19-35(31-36)40-25-16-26-45-44-24-12-14-28-48(44)52-49(40)45/h5-32H,2H2,1,3-4H3/b38-5-. The monoisotopic (exact) mass is 669 g/mol. The topological polar surface area (TPSA) is 16.4 Å². The van der Waals surface area contributed by atoms with Gasteiger partial charge in [-0.25, -0.2) is 0 Å². The van der Waals surface area contributed by atoms with Gasteiger partial charge in [0.05, 0.1) is 0 Å². The fourth-order valence-corrected chi connectivity index (χ4v) is 8.26. The largest absolute Gasteiger partial charge is 0.455 e. The van der Waals surface area contributed by atoms with Crippen molar-refractivity contribution < 1.29 is 4.42 Å². The van der Waals surface area contributed by atoms with Crippen LogP contribution in [-0.2, 0) is 5.41 Å². The third kappa shape index (κ3) is 5.02. The lowest BCUT2D eigenvalue weighted by Gasteiger charge is -2.31. The number of hydrogen-bond acceptors (Lipinski definition) is 2. The van der Waals surface area contributed by atoms with Crippen molar-refractivity contribution in [3.05, 3.63) is 204 Å². The van der Waals surface area contributed by atoms with E-state index in [-0.39, 0.29) is 5.41 Å². The summed E-state index contributed by atoms with van der Waals surface area (Å²) >= 11 is 0. The third-order valence-electron chi connectivity index (χ3n) is 10.8. The molecule has 0 aliphatic heterocycles. The van der Waals surface area contributed by atoms with E-state index in [1.807, 2.05) is 12.1 Å². The Morgan fingerprint density at radius 2 is 1.23 bits per heavy atom. The second kappa shape index (κ2) is 12.4. The highest BCUT2D eigenvalue weighted by Crippen LogP contribution is 2.51. The summed E-state index contributed by atoms with van der Waals surface area (Å²) in [5.74, 6) is 0. The zero-order valence-corrected chi connectivity index (χ0v) is 29.7. The van der Waals surface area contributed by atoms with Gasteiger partial charge in [-0.05, 0) is 81.8 Å². The van der Waals surface area contributed by atoms with E-state index in [9.17, 15) is 0 Å². The summed E-state index contributed by atoms with van der Waals surface area (Å²) in [4.78, 5) is 2.33. The van der Waals surface area contributed by atoms with Crippen molar-refractivity contribution in [2.45, 2.75) is 26.2 Å². The number of fused-ring (bicyclic) bond motifs is 6. The molecule has 0 spiro atoms. The van der Waals surface area contributed by atoms with Crippen molar-refractivity contribution in [2.24, 2.45) is 0 Å². The molecule has 0 radical (unpaired) electrons. The zero-order valence-electron chi connectivity index (χ0n) is 29.7. The highest BCUT2D eigenvalue weighted by molar-refractivity contribution is 6.09. The molecule has 0 N–H and O–H groups in total. The average Bonchev–Trinajstić information content (AvgIpc) is 3.68. The molecular formula is C50H39NO. The Morgan fingerprint density at radius 1 is 0.577 bits per heavy atom. The lowest BCUT2D eigenvalue weighted by Crippen LogP contribution is -2.18. The average molecular weight is 670 g/mol. The van der Waals surface area contributed by atoms with Crippen LogP contribution in [-0.4, -0.2) is 0 Å². The first-order valence-corrected chi connectivity index (χ1v) is 18.0. The number of para-hydroxylation sites is 2. The molecule has 0 atom stereocenters. The van der Waals surface area contributed by atoms with Crippen molar-refractivity contribution in [2.75, 3.05) is 4.90 Å². The third-order valence-corrected chi connectivity index (χ3v) is 10.8. The second-order valence-electron chi connectivity index (χ2n) is 14.1. The number of nitrogens with zero attached hydrogens (tertiary/aromatic N) is 1. The van der Waals surface area contributed by atoms with E-state index < -0.39 is 0 Å². The van der Waals surface area contributed by atoms with Gasteiger partial charge in [0.1, 0.15) is 11.2 Å². The molecule has 1 aliphatic rings. The summed E-state index contributed by atoms with van der Waals surface area (Å²) in [6.07, 6.45) is 2.20. The van der Waals surface area contributed by atoms with Gasteiger partial charge >= 0.3 is 0 Å². The number of rotatable bonds is 7. The Hall–Kier alpha value is -6.38. The van der Waals surface area contributed by atoms with Gasteiger partial charge in [-0.1, -0.05) is 160 Å². The first kappa shape index (κ1) is 31.6.